The number of carbonyl (C=O) groups excluding carboxylic acids is 1. The van der Waals surface area contributed by atoms with Crippen LogP contribution in [0.3, 0.4) is 0 Å². The first-order valence-corrected chi connectivity index (χ1v) is 6.13. The number of hydrogen-bond acceptors (Lipinski definition) is 2. The smallest absolute Gasteiger partial charge is 0.323 e. The number of methoxy groups -OCH3 is 1. The van der Waals surface area contributed by atoms with Gasteiger partial charge in [-0.25, -0.2) is 9.18 Å². The number of ether oxygens (including phenoxy) is 1. The van der Waals surface area contributed by atoms with Gasteiger partial charge >= 0.3 is 6.03 Å². The fraction of sp³-hybridized carbons (Fsp3) is 0.0714. The van der Waals surface area contributed by atoms with Gasteiger partial charge in [-0.05, 0) is 30.3 Å². The first-order chi connectivity index (χ1) is 9.56. The molecule has 0 fully saturated rings. The van der Waals surface area contributed by atoms with Gasteiger partial charge in [0.05, 0.1) is 7.11 Å². The Morgan fingerprint density at radius 3 is 2.60 bits per heavy atom. The van der Waals surface area contributed by atoms with E-state index in [2.05, 4.69) is 10.6 Å². The predicted molar refractivity (Wildman–Crippen MR) is 77.0 cm³/mol. The summed E-state index contributed by atoms with van der Waals surface area (Å²) in [6.45, 7) is 0. The van der Waals surface area contributed by atoms with Crippen molar-refractivity contribution in [1.29, 1.82) is 0 Å². The SMILES string of the molecule is COc1cccc(NC(=O)Nc2cc(F)cc(Cl)c2)c1. The fourth-order valence-electron chi connectivity index (χ4n) is 1.62. The molecule has 0 spiro atoms. The molecular weight excluding hydrogens is 283 g/mol. The molecule has 2 amide bonds. The summed E-state index contributed by atoms with van der Waals surface area (Å²) in [5.74, 6) is 0.103. The van der Waals surface area contributed by atoms with Crippen molar-refractivity contribution in [1.82, 2.24) is 0 Å². The van der Waals surface area contributed by atoms with Crippen molar-refractivity contribution in [2.75, 3.05) is 17.7 Å². The molecule has 0 saturated heterocycles. The molecule has 0 heterocycles. The van der Waals surface area contributed by atoms with Crippen LogP contribution in [0.25, 0.3) is 0 Å². The molecule has 0 aromatic heterocycles. The summed E-state index contributed by atoms with van der Waals surface area (Å²) in [7, 11) is 1.54. The molecule has 6 heteroatoms. The lowest BCUT2D eigenvalue weighted by molar-refractivity contribution is 0.262. The second-order valence-corrected chi connectivity index (χ2v) is 4.41. The van der Waals surface area contributed by atoms with Crippen LogP contribution in [0.15, 0.2) is 42.5 Å². The number of rotatable bonds is 3. The Morgan fingerprint density at radius 2 is 1.90 bits per heavy atom. The molecule has 2 aromatic rings. The molecule has 0 aliphatic rings. The molecule has 0 unspecified atom stereocenters. The summed E-state index contributed by atoms with van der Waals surface area (Å²) < 4.78 is 18.2. The predicted octanol–water partition coefficient (Wildman–Crippen LogP) is 4.13. The largest absolute Gasteiger partial charge is 0.497 e. The highest BCUT2D eigenvalue weighted by atomic mass is 35.5. The van der Waals surface area contributed by atoms with Crippen LogP contribution in [0.4, 0.5) is 20.6 Å². The van der Waals surface area contributed by atoms with E-state index >= 15 is 0 Å². The molecule has 0 atom stereocenters. The van der Waals surface area contributed by atoms with E-state index in [1.807, 2.05) is 0 Å². The van der Waals surface area contributed by atoms with Crippen LogP contribution >= 0.6 is 11.6 Å². The van der Waals surface area contributed by atoms with Crippen molar-refractivity contribution in [3.05, 3.63) is 53.3 Å². The molecule has 2 aromatic carbocycles. The maximum Gasteiger partial charge on any atom is 0.323 e. The minimum absolute atomic E-state index is 0.210. The van der Waals surface area contributed by atoms with E-state index in [0.29, 0.717) is 11.4 Å². The van der Waals surface area contributed by atoms with E-state index in [1.54, 1.807) is 24.3 Å². The second kappa shape index (κ2) is 6.25. The van der Waals surface area contributed by atoms with Gasteiger partial charge in [-0.2, -0.15) is 0 Å². The topological polar surface area (TPSA) is 50.4 Å². The zero-order valence-corrected chi connectivity index (χ0v) is 11.4. The normalized spacial score (nSPS) is 9.95. The summed E-state index contributed by atoms with van der Waals surface area (Å²) >= 11 is 5.71. The Kier molecular flexibility index (Phi) is 4.42. The maximum atomic E-state index is 13.1. The highest BCUT2D eigenvalue weighted by Gasteiger charge is 2.05. The van der Waals surface area contributed by atoms with E-state index in [1.165, 1.54) is 19.2 Å². The van der Waals surface area contributed by atoms with Gasteiger partial charge in [-0.1, -0.05) is 17.7 Å². The van der Waals surface area contributed by atoms with Crippen LogP contribution in [-0.2, 0) is 0 Å². The number of hydrogen-bond donors (Lipinski definition) is 2. The van der Waals surface area contributed by atoms with E-state index in [-0.39, 0.29) is 10.7 Å². The quantitative estimate of drug-likeness (QED) is 0.894. The van der Waals surface area contributed by atoms with Crippen molar-refractivity contribution in [2.24, 2.45) is 0 Å². The number of benzene rings is 2. The molecule has 0 radical (unpaired) electrons. The van der Waals surface area contributed by atoms with Crippen molar-refractivity contribution >= 4 is 29.0 Å². The van der Waals surface area contributed by atoms with E-state index < -0.39 is 11.8 Å². The molecule has 104 valence electrons. The molecular formula is C14H12ClFN2O2. The van der Waals surface area contributed by atoms with E-state index in [0.717, 1.165) is 6.07 Å². The van der Waals surface area contributed by atoms with Crippen molar-refractivity contribution in [3.8, 4) is 5.75 Å². The molecule has 4 nitrogen and oxygen atoms in total. The molecule has 2 N–H and O–H groups in total. The highest BCUT2D eigenvalue weighted by Crippen LogP contribution is 2.19. The third-order valence-electron chi connectivity index (χ3n) is 2.45. The number of anilines is 2. The Balaban J connectivity index is 2.04. The number of nitrogens with one attached hydrogen (secondary N) is 2. The Morgan fingerprint density at radius 1 is 1.15 bits per heavy atom. The molecule has 0 aliphatic carbocycles. The molecule has 20 heavy (non-hydrogen) atoms. The Hall–Kier alpha value is -2.27. The summed E-state index contributed by atoms with van der Waals surface area (Å²) in [6.07, 6.45) is 0. The van der Waals surface area contributed by atoms with Gasteiger partial charge in [0.2, 0.25) is 0 Å². The van der Waals surface area contributed by atoms with Gasteiger partial charge in [-0.3, -0.25) is 0 Å². The summed E-state index contributed by atoms with van der Waals surface area (Å²) in [5, 5.41) is 5.31. The maximum absolute atomic E-state index is 13.1. The fourth-order valence-corrected chi connectivity index (χ4v) is 1.84. The molecule has 0 saturated carbocycles. The minimum atomic E-state index is -0.519. The van der Waals surface area contributed by atoms with E-state index in [4.69, 9.17) is 16.3 Å². The molecule has 0 bridgehead atoms. The van der Waals surface area contributed by atoms with Crippen molar-refractivity contribution in [3.63, 3.8) is 0 Å². The van der Waals surface area contributed by atoms with Crippen LogP contribution in [0.1, 0.15) is 0 Å². The standard InChI is InChI=1S/C14H12ClFN2O2/c1-20-13-4-2-3-11(8-13)17-14(19)18-12-6-9(15)5-10(16)7-12/h2-8H,1H3,(H2,17,18,19). The molecule has 2 rings (SSSR count). The summed E-state index contributed by atoms with van der Waals surface area (Å²) in [5.41, 5.74) is 0.833. The van der Waals surface area contributed by atoms with Crippen LogP contribution < -0.4 is 15.4 Å². The number of halogens is 2. The second-order valence-electron chi connectivity index (χ2n) is 3.97. The van der Waals surface area contributed by atoms with Gasteiger partial charge < -0.3 is 15.4 Å². The summed E-state index contributed by atoms with van der Waals surface area (Å²) in [4.78, 5) is 11.8. The molecule has 0 aliphatic heterocycles. The highest BCUT2D eigenvalue weighted by molar-refractivity contribution is 6.30. The van der Waals surface area contributed by atoms with Crippen LogP contribution in [0.5, 0.6) is 5.75 Å². The van der Waals surface area contributed by atoms with Crippen LogP contribution in [0, 0.1) is 5.82 Å². The van der Waals surface area contributed by atoms with Crippen molar-refractivity contribution in [2.45, 2.75) is 0 Å². The Bertz CT molecular complexity index is 614. The lowest BCUT2D eigenvalue weighted by Gasteiger charge is -2.09. The van der Waals surface area contributed by atoms with Gasteiger partial charge in [0, 0.05) is 22.5 Å². The van der Waals surface area contributed by atoms with Crippen LogP contribution in [0.2, 0.25) is 5.02 Å². The number of urea groups is 1. The van der Waals surface area contributed by atoms with Crippen LogP contribution in [-0.4, -0.2) is 13.1 Å². The summed E-state index contributed by atoms with van der Waals surface area (Å²) in [6, 6.07) is 10.2. The van der Waals surface area contributed by atoms with Gasteiger partial charge in [0.25, 0.3) is 0 Å². The van der Waals surface area contributed by atoms with Gasteiger partial charge in [-0.15, -0.1) is 0 Å². The Labute approximate surface area is 120 Å². The van der Waals surface area contributed by atoms with Crippen molar-refractivity contribution < 1.29 is 13.9 Å². The van der Waals surface area contributed by atoms with Gasteiger partial charge in [0.15, 0.2) is 0 Å². The monoisotopic (exact) mass is 294 g/mol. The van der Waals surface area contributed by atoms with Gasteiger partial charge in [0.1, 0.15) is 11.6 Å². The average Bonchev–Trinajstić information content (AvgIpc) is 2.37. The lowest BCUT2D eigenvalue weighted by atomic mass is 10.3. The number of carbonyl (C=O) groups is 1. The zero-order valence-electron chi connectivity index (χ0n) is 10.6. The third kappa shape index (κ3) is 3.86. The number of amides is 2. The van der Waals surface area contributed by atoms with E-state index in [9.17, 15) is 9.18 Å². The first kappa shape index (κ1) is 14.1. The average molecular weight is 295 g/mol. The lowest BCUT2D eigenvalue weighted by Crippen LogP contribution is -2.19. The zero-order chi connectivity index (χ0) is 14.5. The minimum Gasteiger partial charge on any atom is -0.497 e. The third-order valence-corrected chi connectivity index (χ3v) is 2.67. The first-order valence-electron chi connectivity index (χ1n) is 5.75.